The molecule has 1 aromatic carbocycles. The fourth-order valence-corrected chi connectivity index (χ4v) is 2.02. The lowest BCUT2D eigenvalue weighted by atomic mass is 9.98. The molecule has 0 amide bonds. The highest BCUT2D eigenvalue weighted by atomic mass is 16.5. The molecule has 1 aliphatic carbocycles. The lowest BCUT2D eigenvalue weighted by molar-refractivity contribution is 0.339. The molecular formula is C14H21NO. The maximum Gasteiger partial charge on any atom is 0.118 e. The number of benzene rings is 1. The predicted octanol–water partition coefficient (Wildman–Crippen LogP) is 2.97. The zero-order valence-corrected chi connectivity index (χ0v) is 10.4. The number of nitrogens with one attached hydrogen (secondary N) is 1. The van der Waals surface area contributed by atoms with Crippen LogP contribution in [0.15, 0.2) is 24.3 Å². The Hall–Kier alpha value is -1.02. The third-order valence-electron chi connectivity index (χ3n) is 3.51. The van der Waals surface area contributed by atoms with Crippen molar-refractivity contribution < 1.29 is 4.74 Å². The van der Waals surface area contributed by atoms with Crippen LogP contribution < -0.4 is 10.1 Å². The second-order valence-corrected chi connectivity index (χ2v) is 5.20. The summed E-state index contributed by atoms with van der Waals surface area (Å²) in [5, 5.41) is 3.63. The molecule has 0 aromatic heterocycles. The first-order valence-corrected chi connectivity index (χ1v) is 6.00. The third kappa shape index (κ3) is 2.76. The monoisotopic (exact) mass is 219 g/mol. The maximum absolute atomic E-state index is 5.14. The quantitative estimate of drug-likeness (QED) is 0.822. The van der Waals surface area contributed by atoms with Gasteiger partial charge in [0.05, 0.1) is 7.11 Å². The van der Waals surface area contributed by atoms with Gasteiger partial charge in [-0.3, -0.25) is 0 Å². The third-order valence-corrected chi connectivity index (χ3v) is 3.51. The summed E-state index contributed by atoms with van der Waals surface area (Å²) in [4.78, 5) is 0. The largest absolute Gasteiger partial charge is 0.497 e. The summed E-state index contributed by atoms with van der Waals surface area (Å²) in [7, 11) is 1.70. The summed E-state index contributed by atoms with van der Waals surface area (Å²) in [5.74, 6) is 1.79. The normalized spacial score (nSPS) is 16.2. The topological polar surface area (TPSA) is 21.3 Å². The van der Waals surface area contributed by atoms with Gasteiger partial charge >= 0.3 is 0 Å². The highest BCUT2D eigenvalue weighted by Crippen LogP contribution is 2.39. The molecule has 1 N–H and O–H groups in total. The van der Waals surface area contributed by atoms with Crippen LogP contribution in [0.1, 0.15) is 32.3 Å². The minimum Gasteiger partial charge on any atom is -0.497 e. The minimum absolute atomic E-state index is 0.278. The van der Waals surface area contributed by atoms with Crippen LogP contribution in [-0.2, 0) is 6.54 Å². The molecule has 0 atom stereocenters. The first kappa shape index (κ1) is 11.5. The van der Waals surface area contributed by atoms with Crippen molar-refractivity contribution in [2.24, 2.45) is 5.92 Å². The standard InChI is InChI=1S/C14H21NO/c1-14(2,12-6-7-12)15-10-11-4-8-13(16-3)9-5-11/h4-5,8-9,12,15H,6-7,10H2,1-3H3. The Morgan fingerprint density at radius 2 is 1.88 bits per heavy atom. The van der Waals surface area contributed by atoms with Crippen LogP contribution >= 0.6 is 0 Å². The molecule has 16 heavy (non-hydrogen) atoms. The maximum atomic E-state index is 5.14. The van der Waals surface area contributed by atoms with Gasteiger partial charge in [0.15, 0.2) is 0 Å². The molecule has 0 radical (unpaired) electrons. The van der Waals surface area contributed by atoms with Crippen molar-refractivity contribution in [2.75, 3.05) is 7.11 Å². The van der Waals surface area contributed by atoms with Gasteiger partial charge in [-0.2, -0.15) is 0 Å². The Morgan fingerprint density at radius 3 is 2.38 bits per heavy atom. The van der Waals surface area contributed by atoms with E-state index in [-0.39, 0.29) is 5.54 Å². The second kappa shape index (κ2) is 4.46. The van der Waals surface area contributed by atoms with Crippen molar-refractivity contribution in [2.45, 2.75) is 38.8 Å². The van der Waals surface area contributed by atoms with Crippen LogP contribution in [0.4, 0.5) is 0 Å². The minimum atomic E-state index is 0.278. The van der Waals surface area contributed by atoms with E-state index in [1.165, 1.54) is 18.4 Å². The van der Waals surface area contributed by atoms with Gasteiger partial charge in [0.1, 0.15) is 5.75 Å². The Morgan fingerprint density at radius 1 is 1.25 bits per heavy atom. The molecule has 0 bridgehead atoms. The van der Waals surface area contributed by atoms with E-state index in [1.807, 2.05) is 12.1 Å². The molecule has 2 nitrogen and oxygen atoms in total. The van der Waals surface area contributed by atoms with Crippen molar-refractivity contribution in [3.05, 3.63) is 29.8 Å². The van der Waals surface area contributed by atoms with E-state index in [0.717, 1.165) is 18.2 Å². The van der Waals surface area contributed by atoms with Crippen LogP contribution in [-0.4, -0.2) is 12.6 Å². The highest BCUT2D eigenvalue weighted by molar-refractivity contribution is 5.27. The number of methoxy groups -OCH3 is 1. The SMILES string of the molecule is COc1ccc(CNC(C)(C)C2CC2)cc1. The second-order valence-electron chi connectivity index (χ2n) is 5.20. The summed E-state index contributed by atoms with van der Waals surface area (Å²) in [5.41, 5.74) is 1.59. The number of hydrogen-bond donors (Lipinski definition) is 1. The predicted molar refractivity (Wildman–Crippen MR) is 66.6 cm³/mol. The average Bonchev–Trinajstić information content (AvgIpc) is 3.11. The summed E-state index contributed by atoms with van der Waals surface area (Å²) in [6.45, 7) is 5.54. The molecule has 0 saturated heterocycles. The molecule has 2 rings (SSSR count). The fourth-order valence-electron chi connectivity index (χ4n) is 2.02. The Kier molecular flexibility index (Phi) is 3.20. The van der Waals surface area contributed by atoms with Crippen LogP contribution in [0.5, 0.6) is 5.75 Å². The number of ether oxygens (including phenoxy) is 1. The van der Waals surface area contributed by atoms with E-state index in [9.17, 15) is 0 Å². The fraction of sp³-hybridized carbons (Fsp3) is 0.571. The lowest BCUT2D eigenvalue weighted by Gasteiger charge is -2.26. The molecule has 0 heterocycles. The van der Waals surface area contributed by atoms with Crippen LogP contribution in [0.2, 0.25) is 0 Å². The van der Waals surface area contributed by atoms with Gasteiger partial charge in [-0.1, -0.05) is 12.1 Å². The van der Waals surface area contributed by atoms with E-state index < -0.39 is 0 Å². The smallest absolute Gasteiger partial charge is 0.118 e. The average molecular weight is 219 g/mol. The molecule has 2 heteroatoms. The first-order valence-electron chi connectivity index (χ1n) is 6.00. The van der Waals surface area contributed by atoms with Gasteiger partial charge < -0.3 is 10.1 Å². The zero-order valence-electron chi connectivity index (χ0n) is 10.4. The Labute approximate surface area is 98.0 Å². The first-order chi connectivity index (χ1) is 7.62. The van der Waals surface area contributed by atoms with Crippen LogP contribution in [0.25, 0.3) is 0 Å². The molecular weight excluding hydrogens is 198 g/mol. The molecule has 88 valence electrons. The van der Waals surface area contributed by atoms with Gasteiger partial charge in [0.25, 0.3) is 0 Å². The molecule has 1 saturated carbocycles. The van der Waals surface area contributed by atoms with Crippen LogP contribution in [0, 0.1) is 5.92 Å². The van der Waals surface area contributed by atoms with Gasteiger partial charge in [-0.25, -0.2) is 0 Å². The van der Waals surface area contributed by atoms with Crippen molar-refractivity contribution >= 4 is 0 Å². The van der Waals surface area contributed by atoms with Gasteiger partial charge in [0.2, 0.25) is 0 Å². The molecule has 1 aliphatic rings. The van der Waals surface area contributed by atoms with Crippen LogP contribution in [0.3, 0.4) is 0 Å². The van der Waals surface area contributed by atoms with E-state index in [2.05, 4.69) is 31.3 Å². The van der Waals surface area contributed by atoms with Crippen molar-refractivity contribution in [1.82, 2.24) is 5.32 Å². The van der Waals surface area contributed by atoms with E-state index >= 15 is 0 Å². The zero-order chi connectivity index (χ0) is 11.6. The molecule has 0 unspecified atom stereocenters. The summed E-state index contributed by atoms with van der Waals surface area (Å²) in [6, 6.07) is 8.27. The van der Waals surface area contributed by atoms with E-state index in [0.29, 0.717) is 0 Å². The molecule has 0 aliphatic heterocycles. The summed E-state index contributed by atoms with van der Waals surface area (Å²) in [6.07, 6.45) is 2.76. The van der Waals surface area contributed by atoms with Crippen molar-refractivity contribution in [3.8, 4) is 5.75 Å². The van der Waals surface area contributed by atoms with Crippen molar-refractivity contribution in [1.29, 1.82) is 0 Å². The van der Waals surface area contributed by atoms with Gasteiger partial charge in [-0.15, -0.1) is 0 Å². The van der Waals surface area contributed by atoms with Gasteiger partial charge in [-0.05, 0) is 50.3 Å². The summed E-state index contributed by atoms with van der Waals surface area (Å²) < 4.78 is 5.14. The van der Waals surface area contributed by atoms with E-state index in [1.54, 1.807) is 7.11 Å². The van der Waals surface area contributed by atoms with Crippen molar-refractivity contribution in [3.63, 3.8) is 0 Å². The van der Waals surface area contributed by atoms with E-state index in [4.69, 9.17) is 4.74 Å². The highest BCUT2D eigenvalue weighted by Gasteiger charge is 2.36. The molecule has 0 spiro atoms. The Bertz CT molecular complexity index is 338. The number of rotatable bonds is 5. The number of hydrogen-bond acceptors (Lipinski definition) is 2. The molecule has 1 aromatic rings. The lowest BCUT2D eigenvalue weighted by Crippen LogP contribution is -2.40. The summed E-state index contributed by atoms with van der Waals surface area (Å²) >= 11 is 0. The van der Waals surface area contributed by atoms with Gasteiger partial charge in [0, 0.05) is 12.1 Å². The molecule has 1 fully saturated rings. The Balaban J connectivity index is 1.88.